The van der Waals surface area contributed by atoms with E-state index >= 15 is 0 Å². The summed E-state index contributed by atoms with van der Waals surface area (Å²) in [7, 11) is 0. The van der Waals surface area contributed by atoms with Crippen LogP contribution in [0.25, 0.3) is 11.0 Å². The van der Waals surface area contributed by atoms with Crippen LogP contribution in [0, 0.1) is 12.7 Å². The predicted molar refractivity (Wildman–Crippen MR) is 98.2 cm³/mol. The molecule has 4 rings (SSSR count). The van der Waals surface area contributed by atoms with Crippen LogP contribution in [-0.2, 0) is 4.79 Å². The molecule has 0 radical (unpaired) electrons. The summed E-state index contributed by atoms with van der Waals surface area (Å²) in [5, 5.41) is 3.71. The number of ether oxygens (including phenoxy) is 1. The summed E-state index contributed by atoms with van der Waals surface area (Å²) in [5.41, 5.74) is 1.28. The third-order valence-electron chi connectivity index (χ3n) is 4.51. The van der Waals surface area contributed by atoms with Crippen LogP contribution in [0.3, 0.4) is 0 Å². The third-order valence-corrected chi connectivity index (χ3v) is 4.51. The zero-order chi connectivity index (χ0) is 19.0. The summed E-state index contributed by atoms with van der Waals surface area (Å²) in [6.07, 6.45) is 0.963. The highest BCUT2D eigenvalue weighted by Crippen LogP contribution is 2.28. The van der Waals surface area contributed by atoms with Gasteiger partial charge in [-0.25, -0.2) is 9.18 Å². The fourth-order valence-corrected chi connectivity index (χ4v) is 2.93. The lowest BCUT2D eigenvalue weighted by Crippen LogP contribution is -2.33. The van der Waals surface area contributed by atoms with Crippen LogP contribution in [0.15, 0.2) is 57.7 Å². The number of amides is 1. The van der Waals surface area contributed by atoms with Crippen LogP contribution in [0.5, 0.6) is 5.75 Å². The van der Waals surface area contributed by atoms with Gasteiger partial charge in [0.1, 0.15) is 17.1 Å². The minimum Gasteiger partial charge on any atom is -0.476 e. The largest absolute Gasteiger partial charge is 0.476 e. The molecule has 1 N–H and O–H groups in total. The van der Waals surface area contributed by atoms with Crippen LogP contribution >= 0.6 is 0 Å². The molecule has 5 nitrogen and oxygen atoms in total. The first kappa shape index (κ1) is 17.3. The Labute approximate surface area is 154 Å². The Hall–Kier alpha value is -3.15. The first-order chi connectivity index (χ1) is 13.0. The van der Waals surface area contributed by atoms with Crippen molar-refractivity contribution in [2.24, 2.45) is 0 Å². The summed E-state index contributed by atoms with van der Waals surface area (Å²) in [6.45, 7) is 1.82. The van der Waals surface area contributed by atoms with Gasteiger partial charge in [0.25, 0.3) is 5.91 Å². The van der Waals surface area contributed by atoms with Gasteiger partial charge >= 0.3 is 5.63 Å². The van der Waals surface area contributed by atoms with Crippen molar-refractivity contribution in [2.75, 3.05) is 0 Å². The molecule has 1 fully saturated rings. The maximum Gasteiger partial charge on any atom is 0.336 e. The SMILES string of the molecule is Cc1cc(=O)oc2cc(OC(C(=O)NC3CC3)c3ccc(F)cc3)ccc12. The number of hydrogen-bond donors (Lipinski definition) is 1. The average Bonchev–Trinajstić information content (AvgIpc) is 3.44. The third kappa shape index (κ3) is 3.84. The number of nitrogens with one attached hydrogen (secondary N) is 1. The molecule has 1 aliphatic rings. The van der Waals surface area contributed by atoms with Crippen LogP contribution < -0.4 is 15.7 Å². The van der Waals surface area contributed by atoms with Gasteiger partial charge in [-0.1, -0.05) is 12.1 Å². The average molecular weight is 367 g/mol. The van der Waals surface area contributed by atoms with Gasteiger partial charge in [-0.2, -0.15) is 0 Å². The minimum absolute atomic E-state index is 0.168. The number of fused-ring (bicyclic) bond motifs is 1. The molecular formula is C21H18FNO4. The fourth-order valence-electron chi connectivity index (χ4n) is 2.93. The van der Waals surface area contributed by atoms with E-state index in [-0.39, 0.29) is 17.8 Å². The lowest BCUT2D eigenvalue weighted by atomic mass is 10.1. The standard InChI is InChI=1S/C21H18FNO4/c1-12-10-19(24)27-18-11-16(8-9-17(12)18)26-20(21(25)23-15-6-7-15)13-2-4-14(22)5-3-13/h2-5,8-11,15,20H,6-7H2,1H3,(H,23,25). The van der Waals surface area contributed by atoms with Crippen molar-refractivity contribution in [1.82, 2.24) is 5.32 Å². The van der Waals surface area contributed by atoms with Gasteiger partial charge in [-0.15, -0.1) is 0 Å². The molecule has 1 saturated carbocycles. The summed E-state index contributed by atoms with van der Waals surface area (Å²) in [6, 6.07) is 12.3. The highest BCUT2D eigenvalue weighted by Gasteiger charge is 2.30. The molecule has 27 heavy (non-hydrogen) atoms. The Bertz CT molecular complexity index is 1050. The van der Waals surface area contributed by atoms with Crippen molar-refractivity contribution < 1.29 is 18.3 Å². The van der Waals surface area contributed by atoms with Crippen LogP contribution in [0.4, 0.5) is 4.39 Å². The molecule has 0 spiro atoms. The van der Waals surface area contributed by atoms with Crippen LogP contribution in [-0.4, -0.2) is 11.9 Å². The molecular weight excluding hydrogens is 349 g/mol. The Morgan fingerprint density at radius 2 is 1.93 bits per heavy atom. The van der Waals surface area contributed by atoms with Gasteiger partial charge < -0.3 is 14.5 Å². The van der Waals surface area contributed by atoms with Gasteiger partial charge in [0, 0.05) is 29.1 Å². The molecule has 0 bridgehead atoms. The van der Waals surface area contributed by atoms with Crippen molar-refractivity contribution in [3.8, 4) is 5.75 Å². The van der Waals surface area contributed by atoms with E-state index in [0.29, 0.717) is 16.9 Å². The molecule has 1 atom stereocenters. The first-order valence-corrected chi connectivity index (χ1v) is 8.76. The molecule has 0 saturated heterocycles. The Kier molecular flexibility index (Phi) is 4.39. The van der Waals surface area contributed by atoms with Crippen molar-refractivity contribution in [3.05, 3.63) is 75.9 Å². The number of hydrogen-bond acceptors (Lipinski definition) is 4. The number of carbonyl (C=O) groups excluding carboxylic acids is 1. The van der Waals surface area contributed by atoms with Gasteiger partial charge in [-0.3, -0.25) is 4.79 Å². The van der Waals surface area contributed by atoms with Crippen LogP contribution in [0.1, 0.15) is 30.1 Å². The van der Waals surface area contributed by atoms with Gasteiger partial charge in [0.05, 0.1) is 0 Å². The lowest BCUT2D eigenvalue weighted by Gasteiger charge is -2.19. The molecule has 1 amide bonds. The summed E-state index contributed by atoms with van der Waals surface area (Å²) < 4.78 is 24.4. The van der Waals surface area contributed by atoms with Crippen molar-refractivity contribution >= 4 is 16.9 Å². The second-order valence-corrected chi connectivity index (χ2v) is 6.74. The van der Waals surface area contributed by atoms with Crippen LogP contribution in [0.2, 0.25) is 0 Å². The smallest absolute Gasteiger partial charge is 0.336 e. The van der Waals surface area contributed by atoms with Gasteiger partial charge in [0.15, 0.2) is 0 Å². The van der Waals surface area contributed by atoms with Crippen molar-refractivity contribution in [3.63, 3.8) is 0 Å². The van der Waals surface area contributed by atoms with Gasteiger partial charge in [-0.05, 0) is 49.6 Å². The van der Waals surface area contributed by atoms with Gasteiger partial charge in [0.2, 0.25) is 6.10 Å². The van der Waals surface area contributed by atoms with E-state index < -0.39 is 11.7 Å². The number of rotatable bonds is 5. The zero-order valence-corrected chi connectivity index (χ0v) is 14.7. The summed E-state index contributed by atoms with van der Waals surface area (Å²) >= 11 is 0. The van der Waals surface area contributed by atoms with Crippen molar-refractivity contribution in [2.45, 2.75) is 31.9 Å². The molecule has 0 aliphatic heterocycles. The first-order valence-electron chi connectivity index (χ1n) is 8.76. The van der Waals surface area contributed by atoms with E-state index in [2.05, 4.69) is 5.32 Å². The number of aryl methyl sites for hydroxylation is 1. The second-order valence-electron chi connectivity index (χ2n) is 6.74. The quantitative estimate of drug-likeness (QED) is 0.699. The summed E-state index contributed by atoms with van der Waals surface area (Å²) in [4.78, 5) is 24.3. The normalized spacial score (nSPS) is 14.7. The van der Waals surface area contributed by atoms with E-state index in [0.717, 1.165) is 23.8 Å². The summed E-state index contributed by atoms with van der Waals surface area (Å²) in [5.74, 6) is -0.283. The van der Waals surface area contributed by atoms with E-state index in [1.807, 2.05) is 6.92 Å². The minimum atomic E-state index is -0.930. The Morgan fingerprint density at radius 1 is 1.19 bits per heavy atom. The molecule has 3 aromatic rings. The lowest BCUT2D eigenvalue weighted by molar-refractivity contribution is -0.128. The monoisotopic (exact) mass is 367 g/mol. The molecule has 1 heterocycles. The number of halogens is 1. The molecule has 6 heteroatoms. The van der Waals surface area contributed by atoms with Crippen molar-refractivity contribution in [1.29, 1.82) is 0 Å². The fraction of sp³-hybridized carbons (Fsp3) is 0.238. The predicted octanol–water partition coefficient (Wildman–Crippen LogP) is 3.64. The number of carbonyl (C=O) groups is 1. The molecule has 1 aliphatic carbocycles. The molecule has 2 aromatic carbocycles. The Morgan fingerprint density at radius 3 is 2.63 bits per heavy atom. The van der Waals surface area contributed by atoms with E-state index in [9.17, 15) is 14.0 Å². The molecule has 1 unspecified atom stereocenters. The molecule has 138 valence electrons. The highest BCUT2D eigenvalue weighted by molar-refractivity contribution is 5.84. The Balaban J connectivity index is 1.67. The van der Waals surface area contributed by atoms with E-state index in [4.69, 9.17) is 9.15 Å². The van der Waals surface area contributed by atoms with E-state index in [1.54, 1.807) is 18.2 Å². The highest BCUT2D eigenvalue weighted by atomic mass is 19.1. The maximum atomic E-state index is 13.3. The van der Waals surface area contributed by atoms with E-state index in [1.165, 1.54) is 30.3 Å². The molecule has 1 aromatic heterocycles. The second kappa shape index (κ2) is 6.87. The zero-order valence-electron chi connectivity index (χ0n) is 14.7. The maximum absolute atomic E-state index is 13.3. The topological polar surface area (TPSA) is 68.5 Å². The number of benzene rings is 2.